The van der Waals surface area contributed by atoms with Crippen LogP contribution in [0.4, 0.5) is 4.39 Å². The van der Waals surface area contributed by atoms with Crippen molar-refractivity contribution in [3.63, 3.8) is 0 Å². The molecule has 3 aromatic carbocycles. The molecule has 3 aromatic rings. The molecule has 4 rings (SSSR count). The van der Waals surface area contributed by atoms with Crippen molar-refractivity contribution in [2.75, 3.05) is 0 Å². The quantitative estimate of drug-likeness (QED) is 0.590. The average molecular weight is 299 g/mol. The van der Waals surface area contributed by atoms with Crippen molar-refractivity contribution >= 4 is 22.4 Å². The molecule has 0 atom stereocenters. The van der Waals surface area contributed by atoms with Gasteiger partial charge >= 0.3 is 0 Å². The van der Waals surface area contributed by atoms with E-state index in [2.05, 4.69) is 6.07 Å². The van der Waals surface area contributed by atoms with Gasteiger partial charge < -0.3 is 4.74 Å². The fraction of sp³-hybridized carbons (Fsp3) is 0.111. The monoisotopic (exact) mass is 298 g/mol. The van der Waals surface area contributed by atoms with Gasteiger partial charge in [0.25, 0.3) is 0 Å². The van der Waals surface area contributed by atoms with E-state index in [0.717, 1.165) is 21.9 Å². The predicted octanol–water partition coefficient (Wildman–Crippen LogP) is 5.33. The molecular weight excluding hydrogens is 287 g/mol. The highest BCUT2D eigenvalue weighted by Crippen LogP contribution is 2.39. The smallest absolute Gasteiger partial charge is 0.123 e. The molecule has 0 unspecified atom stereocenters. The normalized spacial score (nSPS) is 13.6. The standard InChI is InChI=1S/C18H12ClFO/c19-14-4-1-12-7-13-9-21-10-17(13)18(16(12)8-14)11-2-5-15(20)6-3-11/h1-8H,9-10H2. The van der Waals surface area contributed by atoms with Crippen LogP contribution >= 0.6 is 11.6 Å². The molecule has 21 heavy (non-hydrogen) atoms. The highest BCUT2D eigenvalue weighted by molar-refractivity contribution is 6.31. The summed E-state index contributed by atoms with van der Waals surface area (Å²) in [5.41, 5.74) is 4.47. The van der Waals surface area contributed by atoms with Gasteiger partial charge in [0.15, 0.2) is 0 Å². The van der Waals surface area contributed by atoms with Crippen LogP contribution in [0.1, 0.15) is 11.1 Å². The minimum atomic E-state index is -0.232. The van der Waals surface area contributed by atoms with Gasteiger partial charge in [0.2, 0.25) is 0 Å². The van der Waals surface area contributed by atoms with E-state index in [1.54, 1.807) is 0 Å². The first-order chi connectivity index (χ1) is 10.2. The molecule has 1 aliphatic heterocycles. The number of rotatable bonds is 1. The third-order valence-electron chi connectivity index (χ3n) is 3.94. The summed E-state index contributed by atoms with van der Waals surface area (Å²) < 4.78 is 18.8. The zero-order valence-electron chi connectivity index (χ0n) is 11.2. The zero-order valence-corrected chi connectivity index (χ0v) is 12.0. The van der Waals surface area contributed by atoms with Crippen LogP contribution in [0.15, 0.2) is 48.5 Å². The topological polar surface area (TPSA) is 9.23 Å². The van der Waals surface area contributed by atoms with Gasteiger partial charge in [-0.25, -0.2) is 4.39 Å². The van der Waals surface area contributed by atoms with Crippen LogP contribution in [-0.4, -0.2) is 0 Å². The minimum absolute atomic E-state index is 0.232. The number of benzene rings is 3. The van der Waals surface area contributed by atoms with Crippen LogP contribution < -0.4 is 0 Å². The first-order valence-electron chi connectivity index (χ1n) is 6.80. The van der Waals surface area contributed by atoms with Gasteiger partial charge in [0.05, 0.1) is 13.2 Å². The van der Waals surface area contributed by atoms with E-state index >= 15 is 0 Å². The summed E-state index contributed by atoms with van der Waals surface area (Å²) in [6.07, 6.45) is 0. The lowest BCUT2D eigenvalue weighted by molar-refractivity contribution is 0.134. The summed E-state index contributed by atoms with van der Waals surface area (Å²) in [5, 5.41) is 2.91. The molecule has 0 aromatic heterocycles. The molecule has 0 amide bonds. The number of hydrogen-bond acceptors (Lipinski definition) is 1. The SMILES string of the molecule is Fc1ccc(-c2c3c(cc4ccc(Cl)cc24)COC3)cc1. The molecule has 0 bridgehead atoms. The van der Waals surface area contributed by atoms with E-state index in [4.69, 9.17) is 16.3 Å². The molecule has 104 valence electrons. The van der Waals surface area contributed by atoms with E-state index in [1.165, 1.54) is 23.3 Å². The fourth-order valence-electron chi connectivity index (χ4n) is 2.97. The van der Waals surface area contributed by atoms with Crippen LogP contribution in [0, 0.1) is 5.82 Å². The summed E-state index contributed by atoms with van der Waals surface area (Å²) in [6.45, 7) is 1.21. The molecule has 0 saturated carbocycles. The van der Waals surface area contributed by atoms with E-state index in [0.29, 0.717) is 18.2 Å². The summed E-state index contributed by atoms with van der Waals surface area (Å²) in [7, 11) is 0. The van der Waals surface area contributed by atoms with E-state index in [9.17, 15) is 4.39 Å². The van der Waals surface area contributed by atoms with E-state index < -0.39 is 0 Å². The van der Waals surface area contributed by atoms with Gasteiger partial charge in [0, 0.05) is 5.02 Å². The first kappa shape index (κ1) is 12.8. The van der Waals surface area contributed by atoms with Crippen molar-refractivity contribution in [1.29, 1.82) is 0 Å². The highest BCUT2D eigenvalue weighted by Gasteiger charge is 2.19. The first-order valence-corrected chi connectivity index (χ1v) is 7.18. The van der Waals surface area contributed by atoms with Crippen molar-refractivity contribution in [2.24, 2.45) is 0 Å². The Hall–Kier alpha value is -1.90. The summed E-state index contributed by atoms with van der Waals surface area (Å²) in [6, 6.07) is 14.6. The Morgan fingerprint density at radius 1 is 0.952 bits per heavy atom. The molecule has 1 heterocycles. The number of halogens is 2. The maximum atomic E-state index is 13.2. The van der Waals surface area contributed by atoms with Crippen molar-refractivity contribution in [1.82, 2.24) is 0 Å². The Morgan fingerprint density at radius 3 is 2.57 bits per heavy atom. The average Bonchev–Trinajstić information content (AvgIpc) is 2.94. The molecular formula is C18H12ClFO. The Kier molecular flexibility index (Phi) is 2.95. The van der Waals surface area contributed by atoms with Gasteiger partial charge in [-0.05, 0) is 63.4 Å². The number of ether oxygens (including phenoxy) is 1. The number of hydrogen-bond donors (Lipinski definition) is 0. The van der Waals surface area contributed by atoms with Crippen LogP contribution in [-0.2, 0) is 18.0 Å². The lowest BCUT2D eigenvalue weighted by atomic mass is 9.91. The Labute approximate surface area is 126 Å². The largest absolute Gasteiger partial charge is 0.372 e. The minimum Gasteiger partial charge on any atom is -0.372 e. The lowest BCUT2D eigenvalue weighted by Crippen LogP contribution is -1.92. The molecule has 0 saturated heterocycles. The van der Waals surface area contributed by atoms with Crippen molar-refractivity contribution in [3.05, 3.63) is 70.5 Å². The second kappa shape index (κ2) is 4.83. The molecule has 0 spiro atoms. The second-order valence-electron chi connectivity index (χ2n) is 5.25. The summed E-state index contributed by atoms with van der Waals surface area (Å²) in [5.74, 6) is -0.232. The zero-order chi connectivity index (χ0) is 14.4. The third-order valence-corrected chi connectivity index (χ3v) is 4.18. The van der Waals surface area contributed by atoms with Crippen molar-refractivity contribution in [3.8, 4) is 11.1 Å². The molecule has 0 radical (unpaired) electrons. The Morgan fingerprint density at radius 2 is 1.76 bits per heavy atom. The van der Waals surface area contributed by atoms with Gasteiger partial charge in [-0.3, -0.25) is 0 Å². The molecule has 0 N–H and O–H groups in total. The summed E-state index contributed by atoms with van der Waals surface area (Å²) >= 11 is 6.16. The highest BCUT2D eigenvalue weighted by atomic mass is 35.5. The Bertz CT molecular complexity index is 840. The number of fused-ring (bicyclic) bond motifs is 2. The Balaban J connectivity index is 2.09. The van der Waals surface area contributed by atoms with Crippen molar-refractivity contribution < 1.29 is 9.13 Å². The lowest BCUT2D eigenvalue weighted by Gasteiger charge is -2.13. The van der Waals surface area contributed by atoms with Crippen LogP contribution in [0.3, 0.4) is 0 Å². The van der Waals surface area contributed by atoms with Gasteiger partial charge in [0.1, 0.15) is 5.82 Å². The van der Waals surface area contributed by atoms with Crippen LogP contribution in [0.2, 0.25) is 5.02 Å². The van der Waals surface area contributed by atoms with Gasteiger partial charge in [-0.1, -0.05) is 29.8 Å². The molecule has 3 heteroatoms. The third kappa shape index (κ3) is 2.11. The molecule has 0 fully saturated rings. The predicted molar refractivity (Wildman–Crippen MR) is 82.8 cm³/mol. The van der Waals surface area contributed by atoms with Crippen molar-refractivity contribution in [2.45, 2.75) is 13.2 Å². The molecule has 1 nitrogen and oxygen atoms in total. The van der Waals surface area contributed by atoms with Gasteiger partial charge in [-0.2, -0.15) is 0 Å². The molecule has 1 aliphatic rings. The van der Waals surface area contributed by atoms with Crippen LogP contribution in [0.5, 0.6) is 0 Å². The molecule has 0 aliphatic carbocycles. The fourth-order valence-corrected chi connectivity index (χ4v) is 3.14. The van der Waals surface area contributed by atoms with E-state index in [-0.39, 0.29) is 5.82 Å². The maximum Gasteiger partial charge on any atom is 0.123 e. The van der Waals surface area contributed by atoms with Gasteiger partial charge in [-0.15, -0.1) is 0 Å². The maximum absolute atomic E-state index is 13.2. The van der Waals surface area contributed by atoms with Crippen LogP contribution in [0.25, 0.3) is 21.9 Å². The summed E-state index contributed by atoms with van der Waals surface area (Å²) in [4.78, 5) is 0. The second-order valence-corrected chi connectivity index (χ2v) is 5.69. The van der Waals surface area contributed by atoms with E-state index in [1.807, 2.05) is 30.3 Å².